The molecule has 0 amide bonds. The first-order valence-electron chi connectivity index (χ1n) is 6.64. The van der Waals surface area contributed by atoms with Crippen molar-refractivity contribution >= 4 is 46.1 Å². The van der Waals surface area contributed by atoms with Gasteiger partial charge in [-0.25, -0.2) is 0 Å². The summed E-state index contributed by atoms with van der Waals surface area (Å²) in [6, 6.07) is 14.0. The summed E-state index contributed by atoms with van der Waals surface area (Å²) in [6.45, 7) is 0. The molecule has 4 N–H and O–H groups in total. The van der Waals surface area contributed by atoms with Crippen LogP contribution in [-0.4, -0.2) is 34.3 Å². The van der Waals surface area contributed by atoms with Gasteiger partial charge in [0, 0.05) is 0 Å². The highest BCUT2D eigenvalue weighted by molar-refractivity contribution is 9.10. The Bertz CT molecular complexity index is 616. The maximum atomic E-state index is 10.0. The molecule has 0 unspecified atom stereocenters. The van der Waals surface area contributed by atoms with Crippen LogP contribution < -0.4 is 0 Å². The van der Waals surface area contributed by atoms with Gasteiger partial charge >= 0.3 is 14.2 Å². The molecule has 4 nitrogen and oxygen atoms in total. The Kier molecular flexibility index (Phi) is 4.04. The normalized spacial score (nSPS) is 26.1. The van der Waals surface area contributed by atoms with Crippen molar-refractivity contribution in [2.75, 3.05) is 0 Å². The Hall–Kier alpha value is -0.630. The van der Waals surface area contributed by atoms with Gasteiger partial charge in [0.2, 0.25) is 0 Å². The van der Waals surface area contributed by atoms with Gasteiger partial charge < -0.3 is 20.1 Å². The lowest BCUT2D eigenvalue weighted by atomic mass is 9.52. The van der Waals surface area contributed by atoms with Crippen LogP contribution in [0.2, 0.25) is 0 Å². The predicted molar refractivity (Wildman–Crippen MR) is 92.7 cm³/mol. The molecule has 0 saturated heterocycles. The summed E-state index contributed by atoms with van der Waals surface area (Å²) in [5, 5.41) is 40.0. The predicted octanol–water partition coefficient (Wildman–Crippen LogP) is 1.30. The van der Waals surface area contributed by atoms with Gasteiger partial charge in [-0.15, -0.1) is 0 Å². The minimum atomic E-state index is -1.71. The minimum Gasteiger partial charge on any atom is -0.426 e. The van der Waals surface area contributed by atoms with Crippen LogP contribution in [0.5, 0.6) is 0 Å². The molecule has 0 bridgehead atoms. The molecule has 1 aliphatic rings. The van der Waals surface area contributed by atoms with Crippen molar-refractivity contribution in [1.29, 1.82) is 0 Å². The standard InChI is InChI=1S/C14H12B2Br2O4/c17-13(15(19)20)9-5-1-2-6-10(9)14(18,16(21)22)12-8-4-3-7-11(12)13/h1-8,19-22H. The van der Waals surface area contributed by atoms with Crippen LogP contribution >= 0.6 is 31.9 Å². The summed E-state index contributed by atoms with van der Waals surface area (Å²) in [7, 11) is -3.41. The molecular formula is C14H12B2Br2O4. The van der Waals surface area contributed by atoms with Crippen molar-refractivity contribution in [2.24, 2.45) is 0 Å². The molecule has 112 valence electrons. The number of halogens is 2. The zero-order chi connectivity index (χ0) is 16.1. The molecule has 22 heavy (non-hydrogen) atoms. The van der Waals surface area contributed by atoms with Crippen LogP contribution in [0.3, 0.4) is 0 Å². The lowest BCUT2D eigenvalue weighted by Gasteiger charge is -2.43. The first kappa shape index (κ1) is 16.2. The second kappa shape index (κ2) is 5.47. The summed E-state index contributed by atoms with van der Waals surface area (Å²) in [4.78, 5) is 0. The van der Waals surface area contributed by atoms with Crippen molar-refractivity contribution in [1.82, 2.24) is 0 Å². The van der Waals surface area contributed by atoms with Crippen LogP contribution in [0, 0.1) is 0 Å². The summed E-state index contributed by atoms with van der Waals surface area (Å²) in [5.74, 6) is 0. The molecule has 8 heteroatoms. The molecule has 0 saturated carbocycles. The van der Waals surface area contributed by atoms with Crippen LogP contribution in [-0.2, 0) is 8.45 Å². The molecule has 0 aliphatic heterocycles. The van der Waals surface area contributed by atoms with Crippen molar-refractivity contribution in [3.05, 3.63) is 70.8 Å². The van der Waals surface area contributed by atoms with E-state index in [-0.39, 0.29) is 0 Å². The van der Waals surface area contributed by atoms with Gasteiger partial charge in [0.05, 0.1) is 0 Å². The van der Waals surface area contributed by atoms with Gasteiger partial charge in [0.15, 0.2) is 0 Å². The van der Waals surface area contributed by atoms with Crippen molar-refractivity contribution in [2.45, 2.75) is 8.45 Å². The quantitative estimate of drug-likeness (QED) is 0.432. The van der Waals surface area contributed by atoms with Gasteiger partial charge in [0.25, 0.3) is 0 Å². The summed E-state index contributed by atoms with van der Waals surface area (Å²) in [5.41, 5.74) is 2.25. The van der Waals surface area contributed by atoms with Crippen molar-refractivity contribution in [3.8, 4) is 0 Å². The maximum absolute atomic E-state index is 10.0. The smallest absolute Gasteiger partial charge is 0.426 e. The molecule has 0 heterocycles. The molecule has 0 atom stereocenters. The second-order valence-electron chi connectivity index (χ2n) is 5.26. The van der Waals surface area contributed by atoms with Crippen molar-refractivity contribution < 1.29 is 20.1 Å². The molecule has 2 aromatic rings. The fourth-order valence-electron chi connectivity index (χ4n) is 3.08. The number of benzene rings is 2. The largest absolute Gasteiger partial charge is 0.478 e. The van der Waals surface area contributed by atoms with Gasteiger partial charge in [0.1, 0.15) is 8.45 Å². The zero-order valence-electron chi connectivity index (χ0n) is 11.3. The van der Waals surface area contributed by atoms with E-state index in [0.717, 1.165) is 0 Å². The van der Waals surface area contributed by atoms with Gasteiger partial charge in [-0.3, -0.25) is 0 Å². The van der Waals surface area contributed by atoms with E-state index < -0.39 is 22.7 Å². The monoisotopic (exact) mass is 424 g/mol. The third-order valence-electron chi connectivity index (χ3n) is 4.13. The van der Waals surface area contributed by atoms with Crippen LogP contribution in [0.4, 0.5) is 0 Å². The summed E-state index contributed by atoms with van der Waals surface area (Å²) >= 11 is 6.95. The van der Waals surface area contributed by atoms with Gasteiger partial charge in [-0.05, 0) is 22.3 Å². The van der Waals surface area contributed by atoms with Crippen LogP contribution in [0.25, 0.3) is 0 Å². The number of alkyl halides is 2. The molecule has 0 aromatic heterocycles. The first-order chi connectivity index (χ1) is 10.3. The SMILES string of the molecule is OB(O)C1(Br)c2ccccc2C(Br)(B(O)O)c2ccccc21. The van der Waals surface area contributed by atoms with Gasteiger partial charge in [-0.2, -0.15) is 0 Å². The van der Waals surface area contributed by atoms with Crippen molar-refractivity contribution in [3.63, 3.8) is 0 Å². The van der Waals surface area contributed by atoms with E-state index in [1.807, 2.05) is 0 Å². The average Bonchev–Trinajstić information content (AvgIpc) is 2.52. The molecule has 0 fully saturated rings. The minimum absolute atomic E-state index is 0.564. The average molecular weight is 426 g/mol. The molecule has 3 rings (SSSR count). The lowest BCUT2D eigenvalue weighted by molar-refractivity contribution is 0.377. The number of fused-ring (bicyclic) bond motifs is 2. The molecular weight excluding hydrogens is 414 g/mol. The van der Waals surface area contributed by atoms with E-state index in [2.05, 4.69) is 31.9 Å². The highest BCUT2D eigenvalue weighted by Gasteiger charge is 2.57. The fraction of sp³-hybridized carbons (Fsp3) is 0.143. The summed E-state index contributed by atoms with van der Waals surface area (Å²) < 4.78 is -2.49. The van der Waals surface area contributed by atoms with E-state index in [9.17, 15) is 20.1 Å². The zero-order valence-corrected chi connectivity index (χ0v) is 14.5. The molecule has 0 radical (unpaired) electrons. The number of hydrogen-bond donors (Lipinski definition) is 4. The Morgan fingerprint density at radius 1 is 0.591 bits per heavy atom. The third kappa shape index (κ3) is 1.99. The Labute approximate surface area is 145 Å². The number of rotatable bonds is 2. The lowest BCUT2D eigenvalue weighted by Crippen LogP contribution is -2.51. The topological polar surface area (TPSA) is 80.9 Å². The number of hydrogen-bond acceptors (Lipinski definition) is 4. The Morgan fingerprint density at radius 3 is 1.00 bits per heavy atom. The molecule has 1 aliphatic carbocycles. The van der Waals surface area contributed by atoms with E-state index >= 15 is 0 Å². The highest BCUT2D eigenvalue weighted by atomic mass is 79.9. The van der Waals surface area contributed by atoms with E-state index in [1.54, 1.807) is 48.5 Å². The second-order valence-corrected chi connectivity index (χ2v) is 7.76. The Morgan fingerprint density at radius 2 is 0.818 bits per heavy atom. The van der Waals surface area contributed by atoms with E-state index in [4.69, 9.17) is 0 Å². The van der Waals surface area contributed by atoms with Crippen LogP contribution in [0.15, 0.2) is 48.5 Å². The first-order valence-corrected chi connectivity index (χ1v) is 8.23. The van der Waals surface area contributed by atoms with E-state index in [0.29, 0.717) is 22.3 Å². The van der Waals surface area contributed by atoms with Gasteiger partial charge in [-0.1, -0.05) is 80.4 Å². The van der Waals surface area contributed by atoms with E-state index in [1.165, 1.54) is 0 Å². The highest BCUT2D eigenvalue weighted by Crippen LogP contribution is 2.56. The summed E-state index contributed by atoms with van der Waals surface area (Å²) in [6.07, 6.45) is 0. The maximum Gasteiger partial charge on any atom is 0.478 e. The fourth-order valence-corrected chi connectivity index (χ4v) is 4.46. The molecule has 0 spiro atoms. The van der Waals surface area contributed by atoms with Crippen LogP contribution in [0.1, 0.15) is 22.3 Å². The molecule has 2 aromatic carbocycles. The third-order valence-corrected chi connectivity index (χ3v) is 6.66. The Balaban J connectivity index is 2.45.